The van der Waals surface area contributed by atoms with E-state index in [-0.39, 0.29) is 0 Å². The summed E-state index contributed by atoms with van der Waals surface area (Å²) in [6.07, 6.45) is 2.53. The Morgan fingerprint density at radius 3 is 3.26 bits per heavy atom. The molecule has 0 aliphatic carbocycles. The van der Waals surface area contributed by atoms with Crippen LogP contribution in [0.15, 0.2) is 22.9 Å². The number of rotatable bonds is 3. The second-order valence-electron chi connectivity index (χ2n) is 4.61. The SMILES string of the molecule is Cc1cccnc1-c1noc(CC2CSCCN2)n1. The van der Waals surface area contributed by atoms with Crippen LogP contribution in [0.3, 0.4) is 0 Å². The first kappa shape index (κ1) is 12.6. The van der Waals surface area contributed by atoms with Crippen LogP contribution in [-0.2, 0) is 6.42 Å². The summed E-state index contributed by atoms with van der Waals surface area (Å²) in [4.78, 5) is 8.75. The molecule has 6 heteroatoms. The molecule has 1 saturated heterocycles. The molecule has 1 aliphatic rings. The molecule has 3 rings (SSSR count). The third-order valence-corrected chi connectivity index (χ3v) is 4.24. The molecule has 100 valence electrons. The van der Waals surface area contributed by atoms with E-state index in [1.165, 1.54) is 5.75 Å². The molecule has 1 aliphatic heterocycles. The zero-order valence-corrected chi connectivity index (χ0v) is 11.6. The lowest BCUT2D eigenvalue weighted by molar-refractivity contribution is 0.363. The van der Waals surface area contributed by atoms with Crippen molar-refractivity contribution in [3.63, 3.8) is 0 Å². The van der Waals surface area contributed by atoms with Crippen molar-refractivity contribution in [2.45, 2.75) is 19.4 Å². The van der Waals surface area contributed by atoms with Crippen LogP contribution in [0.5, 0.6) is 0 Å². The quantitative estimate of drug-likeness (QED) is 0.920. The Bertz CT molecular complexity index is 551. The van der Waals surface area contributed by atoms with Gasteiger partial charge in [0.05, 0.1) is 0 Å². The van der Waals surface area contributed by atoms with E-state index in [2.05, 4.69) is 20.4 Å². The van der Waals surface area contributed by atoms with Crippen molar-refractivity contribution in [1.82, 2.24) is 20.4 Å². The molecule has 3 heterocycles. The second kappa shape index (κ2) is 5.71. The Morgan fingerprint density at radius 1 is 1.53 bits per heavy atom. The fourth-order valence-corrected chi connectivity index (χ4v) is 3.06. The molecule has 5 nitrogen and oxygen atoms in total. The van der Waals surface area contributed by atoms with Crippen molar-refractivity contribution in [2.24, 2.45) is 0 Å². The van der Waals surface area contributed by atoms with Crippen LogP contribution in [0.4, 0.5) is 0 Å². The maximum Gasteiger partial charge on any atom is 0.228 e. The lowest BCUT2D eigenvalue weighted by Crippen LogP contribution is -2.38. The summed E-state index contributed by atoms with van der Waals surface area (Å²) in [5.74, 6) is 3.54. The van der Waals surface area contributed by atoms with Crippen LogP contribution in [0, 0.1) is 6.92 Å². The molecule has 1 unspecified atom stereocenters. The normalized spacial score (nSPS) is 19.5. The average molecular weight is 276 g/mol. The number of hydrogen-bond donors (Lipinski definition) is 1. The molecular formula is C13H16N4OS. The van der Waals surface area contributed by atoms with Crippen LogP contribution >= 0.6 is 11.8 Å². The van der Waals surface area contributed by atoms with Gasteiger partial charge in [-0.1, -0.05) is 11.2 Å². The molecule has 2 aromatic heterocycles. The Morgan fingerprint density at radius 2 is 2.47 bits per heavy atom. The van der Waals surface area contributed by atoms with Gasteiger partial charge in [0, 0.05) is 36.7 Å². The lowest BCUT2D eigenvalue weighted by Gasteiger charge is -2.21. The van der Waals surface area contributed by atoms with Gasteiger partial charge in [-0.2, -0.15) is 16.7 Å². The van der Waals surface area contributed by atoms with Gasteiger partial charge in [0.1, 0.15) is 5.69 Å². The minimum atomic E-state index is 0.428. The molecule has 1 fully saturated rings. The van der Waals surface area contributed by atoms with Gasteiger partial charge < -0.3 is 9.84 Å². The van der Waals surface area contributed by atoms with Crippen molar-refractivity contribution in [3.8, 4) is 11.5 Å². The maximum absolute atomic E-state index is 5.33. The number of thioether (sulfide) groups is 1. The molecule has 0 bridgehead atoms. The molecule has 0 amide bonds. The first-order valence-corrected chi connectivity index (χ1v) is 7.54. The topological polar surface area (TPSA) is 63.8 Å². The lowest BCUT2D eigenvalue weighted by atomic mass is 10.2. The minimum Gasteiger partial charge on any atom is -0.339 e. The fourth-order valence-electron chi connectivity index (χ4n) is 2.12. The number of pyridine rings is 1. The van der Waals surface area contributed by atoms with Gasteiger partial charge >= 0.3 is 0 Å². The van der Waals surface area contributed by atoms with Crippen molar-refractivity contribution in [2.75, 3.05) is 18.1 Å². The summed E-state index contributed by atoms with van der Waals surface area (Å²) in [5, 5.41) is 7.49. The third-order valence-electron chi connectivity index (χ3n) is 3.11. The maximum atomic E-state index is 5.33. The summed E-state index contributed by atoms with van der Waals surface area (Å²) in [6.45, 7) is 3.05. The van der Waals surface area contributed by atoms with Crippen molar-refractivity contribution in [3.05, 3.63) is 29.8 Å². The molecule has 0 spiro atoms. The number of aromatic nitrogens is 3. The van der Waals surface area contributed by atoms with Gasteiger partial charge in [-0.25, -0.2) is 0 Å². The molecule has 1 N–H and O–H groups in total. The van der Waals surface area contributed by atoms with E-state index in [0.717, 1.165) is 30.0 Å². The zero-order valence-electron chi connectivity index (χ0n) is 10.8. The second-order valence-corrected chi connectivity index (χ2v) is 5.76. The van der Waals surface area contributed by atoms with E-state index in [1.54, 1.807) is 6.20 Å². The predicted octanol–water partition coefficient (Wildman–Crippen LogP) is 1.69. The van der Waals surface area contributed by atoms with E-state index in [9.17, 15) is 0 Å². The number of nitrogens with one attached hydrogen (secondary N) is 1. The summed E-state index contributed by atoms with van der Waals surface area (Å²) in [6, 6.07) is 4.33. The molecule has 0 radical (unpaired) electrons. The van der Waals surface area contributed by atoms with E-state index in [0.29, 0.717) is 17.8 Å². The first-order chi connectivity index (χ1) is 9.33. The number of nitrogens with zero attached hydrogens (tertiary/aromatic N) is 3. The van der Waals surface area contributed by atoms with Crippen LogP contribution in [0.1, 0.15) is 11.5 Å². The largest absolute Gasteiger partial charge is 0.339 e. The van der Waals surface area contributed by atoms with E-state index < -0.39 is 0 Å². The summed E-state index contributed by atoms with van der Waals surface area (Å²) >= 11 is 1.96. The molecular weight excluding hydrogens is 260 g/mol. The Labute approximate surface area is 116 Å². The van der Waals surface area contributed by atoms with Crippen LogP contribution in [0.25, 0.3) is 11.5 Å². The van der Waals surface area contributed by atoms with Gasteiger partial charge in [-0.3, -0.25) is 4.98 Å². The Balaban J connectivity index is 1.74. The van der Waals surface area contributed by atoms with Gasteiger partial charge in [-0.15, -0.1) is 0 Å². The zero-order chi connectivity index (χ0) is 13.1. The monoisotopic (exact) mass is 276 g/mol. The summed E-state index contributed by atoms with van der Waals surface area (Å²) in [7, 11) is 0. The molecule has 0 aromatic carbocycles. The highest BCUT2D eigenvalue weighted by Gasteiger charge is 2.18. The van der Waals surface area contributed by atoms with Crippen LogP contribution < -0.4 is 5.32 Å². The van der Waals surface area contributed by atoms with Crippen molar-refractivity contribution < 1.29 is 4.52 Å². The van der Waals surface area contributed by atoms with Gasteiger partial charge in [-0.05, 0) is 18.6 Å². The highest BCUT2D eigenvalue weighted by Crippen LogP contribution is 2.18. The first-order valence-electron chi connectivity index (χ1n) is 6.38. The van der Waals surface area contributed by atoms with Crippen molar-refractivity contribution in [1.29, 1.82) is 0 Å². The average Bonchev–Trinajstić information content (AvgIpc) is 2.89. The number of hydrogen-bond acceptors (Lipinski definition) is 6. The fraction of sp³-hybridized carbons (Fsp3) is 0.462. The predicted molar refractivity (Wildman–Crippen MR) is 75.1 cm³/mol. The standard InChI is InChI=1S/C13H16N4OS/c1-9-3-2-4-15-12(9)13-16-11(18-17-13)7-10-8-19-6-5-14-10/h2-4,10,14H,5-8H2,1H3. The minimum absolute atomic E-state index is 0.428. The molecule has 0 saturated carbocycles. The van der Waals surface area contributed by atoms with Crippen LogP contribution in [-0.4, -0.2) is 39.2 Å². The molecule has 19 heavy (non-hydrogen) atoms. The number of aryl methyl sites for hydroxylation is 1. The third kappa shape index (κ3) is 2.96. The summed E-state index contributed by atoms with van der Waals surface area (Å²) < 4.78 is 5.33. The van der Waals surface area contributed by atoms with Gasteiger partial charge in [0.15, 0.2) is 0 Å². The highest BCUT2D eigenvalue weighted by molar-refractivity contribution is 7.99. The Hall–Kier alpha value is -1.40. The van der Waals surface area contributed by atoms with Crippen molar-refractivity contribution >= 4 is 11.8 Å². The molecule has 1 atom stereocenters. The Kier molecular flexibility index (Phi) is 3.79. The van der Waals surface area contributed by atoms with Crippen LogP contribution in [0.2, 0.25) is 0 Å². The van der Waals surface area contributed by atoms with E-state index in [1.807, 2.05) is 30.8 Å². The summed E-state index contributed by atoms with van der Waals surface area (Å²) in [5.41, 5.74) is 1.85. The smallest absolute Gasteiger partial charge is 0.228 e. The van der Waals surface area contributed by atoms with E-state index >= 15 is 0 Å². The van der Waals surface area contributed by atoms with E-state index in [4.69, 9.17) is 4.52 Å². The highest BCUT2D eigenvalue weighted by atomic mass is 32.2. The van der Waals surface area contributed by atoms with Gasteiger partial charge in [0.2, 0.25) is 11.7 Å². The van der Waals surface area contributed by atoms with Gasteiger partial charge in [0.25, 0.3) is 0 Å². The molecule has 2 aromatic rings.